The molecule has 1 atom stereocenters. The SMILES string of the molecule is Cc1nnc(CN=C(NCC2CCCO2)N2CCCC3(CCCCCC3)C2)n1C. The van der Waals surface area contributed by atoms with Gasteiger partial charge in [-0.05, 0) is 50.9 Å². The number of hydrogen-bond donors (Lipinski definition) is 1. The summed E-state index contributed by atoms with van der Waals surface area (Å²) in [7, 11) is 2.01. The lowest BCUT2D eigenvalue weighted by Crippen LogP contribution is -2.51. The Morgan fingerprint density at radius 1 is 1.14 bits per heavy atom. The summed E-state index contributed by atoms with van der Waals surface area (Å²) in [6.07, 6.45) is 13.6. The quantitative estimate of drug-likeness (QED) is 0.619. The second kappa shape index (κ2) is 9.45. The topological polar surface area (TPSA) is 67.6 Å². The van der Waals surface area contributed by atoms with E-state index >= 15 is 0 Å². The highest BCUT2D eigenvalue weighted by Crippen LogP contribution is 2.42. The zero-order chi connectivity index (χ0) is 20.1. The van der Waals surface area contributed by atoms with Crippen molar-refractivity contribution in [3.05, 3.63) is 11.6 Å². The van der Waals surface area contributed by atoms with Gasteiger partial charge in [-0.15, -0.1) is 10.2 Å². The molecule has 2 aliphatic heterocycles. The fraction of sp³-hybridized carbons (Fsp3) is 0.864. The first kappa shape index (κ1) is 20.6. The third kappa shape index (κ3) is 5.11. The van der Waals surface area contributed by atoms with E-state index < -0.39 is 0 Å². The van der Waals surface area contributed by atoms with Crippen LogP contribution in [0.2, 0.25) is 0 Å². The Labute approximate surface area is 175 Å². The van der Waals surface area contributed by atoms with Crippen LogP contribution in [0.5, 0.6) is 0 Å². The first-order valence-corrected chi connectivity index (χ1v) is 11.6. The van der Waals surface area contributed by atoms with Crippen LogP contribution in [0.4, 0.5) is 0 Å². The molecule has 1 unspecified atom stereocenters. The molecule has 1 aliphatic carbocycles. The first-order valence-electron chi connectivity index (χ1n) is 11.6. The molecule has 3 aliphatic rings. The van der Waals surface area contributed by atoms with Crippen LogP contribution in [0.1, 0.15) is 75.9 Å². The van der Waals surface area contributed by atoms with Crippen molar-refractivity contribution in [1.82, 2.24) is 25.0 Å². The largest absolute Gasteiger partial charge is 0.376 e. The first-order chi connectivity index (χ1) is 14.2. The van der Waals surface area contributed by atoms with Gasteiger partial charge in [0.15, 0.2) is 11.8 Å². The lowest BCUT2D eigenvalue weighted by atomic mass is 9.74. The van der Waals surface area contributed by atoms with E-state index in [2.05, 4.69) is 20.4 Å². The van der Waals surface area contributed by atoms with E-state index in [1.165, 1.54) is 57.8 Å². The van der Waals surface area contributed by atoms with Gasteiger partial charge in [0, 0.05) is 33.3 Å². The smallest absolute Gasteiger partial charge is 0.194 e. The molecule has 162 valence electrons. The zero-order valence-electron chi connectivity index (χ0n) is 18.3. The van der Waals surface area contributed by atoms with E-state index in [0.29, 0.717) is 18.1 Å². The number of aliphatic imine (C=N–C) groups is 1. The number of ether oxygens (including phenoxy) is 1. The molecule has 1 saturated carbocycles. The van der Waals surface area contributed by atoms with Crippen LogP contribution in [0, 0.1) is 12.3 Å². The van der Waals surface area contributed by atoms with Crippen molar-refractivity contribution in [3.8, 4) is 0 Å². The number of rotatable bonds is 4. The molecule has 0 radical (unpaired) electrons. The van der Waals surface area contributed by atoms with Crippen LogP contribution in [-0.2, 0) is 18.3 Å². The summed E-state index contributed by atoms with van der Waals surface area (Å²) >= 11 is 0. The second-order valence-corrected chi connectivity index (χ2v) is 9.32. The van der Waals surface area contributed by atoms with Crippen molar-refractivity contribution >= 4 is 5.96 Å². The Morgan fingerprint density at radius 2 is 1.93 bits per heavy atom. The number of likely N-dealkylation sites (tertiary alicyclic amines) is 1. The van der Waals surface area contributed by atoms with Gasteiger partial charge in [0.25, 0.3) is 0 Å². The average molecular weight is 403 g/mol. The fourth-order valence-corrected chi connectivity index (χ4v) is 5.29. The minimum Gasteiger partial charge on any atom is -0.376 e. The number of guanidine groups is 1. The number of aryl methyl sites for hydroxylation is 1. The summed E-state index contributed by atoms with van der Waals surface area (Å²) < 4.78 is 7.87. The summed E-state index contributed by atoms with van der Waals surface area (Å²) in [6, 6.07) is 0. The Kier molecular flexibility index (Phi) is 6.73. The van der Waals surface area contributed by atoms with Crippen LogP contribution in [0.3, 0.4) is 0 Å². The van der Waals surface area contributed by atoms with Crippen molar-refractivity contribution < 1.29 is 4.74 Å². The van der Waals surface area contributed by atoms with Crippen LogP contribution >= 0.6 is 0 Å². The maximum absolute atomic E-state index is 5.84. The van der Waals surface area contributed by atoms with Gasteiger partial charge in [0.1, 0.15) is 12.4 Å². The highest BCUT2D eigenvalue weighted by Gasteiger charge is 2.36. The molecule has 1 N–H and O–H groups in total. The predicted octanol–water partition coefficient (Wildman–Crippen LogP) is 3.18. The van der Waals surface area contributed by atoms with E-state index in [9.17, 15) is 0 Å². The lowest BCUT2D eigenvalue weighted by molar-refractivity contribution is 0.105. The van der Waals surface area contributed by atoms with Gasteiger partial charge in [0.2, 0.25) is 0 Å². The Bertz CT molecular complexity index is 685. The molecule has 3 heterocycles. The number of aromatic nitrogens is 3. The molecular weight excluding hydrogens is 364 g/mol. The van der Waals surface area contributed by atoms with E-state index in [1.54, 1.807) is 0 Å². The van der Waals surface area contributed by atoms with E-state index in [-0.39, 0.29) is 0 Å². The van der Waals surface area contributed by atoms with Gasteiger partial charge in [-0.2, -0.15) is 0 Å². The van der Waals surface area contributed by atoms with Crippen molar-refractivity contribution in [2.45, 2.75) is 83.8 Å². The van der Waals surface area contributed by atoms with Gasteiger partial charge in [-0.3, -0.25) is 0 Å². The average Bonchev–Trinajstić information content (AvgIpc) is 3.29. The summed E-state index contributed by atoms with van der Waals surface area (Å²) in [5.41, 5.74) is 0.489. The second-order valence-electron chi connectivity index (χ2n) is 9.32. The van der Waals surface area contributed by atoms with Gasteiger partial charge < -0.3 is 19.5 Å². The van der Waals surface area contributed by atoms with Crippen LogP contribution in [0.25, 0.3) is 0 Å². The molecular formula is C22H38N6O. The maximum Gasteiger partial charge on any atom is 0.194 e. The zero-order valence-corrected chi connectivity index (χ0v) is 18.3. The third-order valence-corrected chi connectivity index (χ3v) is 7.19. The monoisotopic (exact) mass is 402 g/mol. The Morgan fingerprint density at radius 3 is 2.62 bits per heavy atom. The molecule has 0 amide bonds. The molecule has 2 saturated heterocycles. The standard InChI is InChI=1S/C22H38N6O/c1-18-25-26-20(27(18)2)16-24-21(23-15-19-9-7-14-29-19)28-13-8-12-22(17-28)10-5-3-4-6-11-22/h19H,3-17H2,1-2H3,(H,23,24). The molecule has 3 fully saturated rings. The molecule has 1 aromatic rings. The summed E-state index contributed by atoms with van der Waals surface area (Å²) in [4.78, 5) is 7.53. The minimum atomic E-state index is 0.314. The van der Waals surface area contributed by atoms with Crippen molar-refractivity contribution in [2.24, 2.45) is 17.5 Å². The van der Waals surface area contributed by atoms with Crippen molar-refractivity contribution in [1.29, 1.82) is 0 Å². The normalized spacial score (nSPS) is 25.4. The molecule has 0 bridgehead atoms. The molecule has 7 nitrogen and oxygen atoms in total. The summed E-state index contributed by atoms with van der Waals surface area (Å²) in [5, 5.41) is 12.1. The number of nitrogens with one attached hydrogen (secondary N) is 1. The highest BCUT2D eigenvalue weighted by atomic mass is 16.5. The fourth-order valence-electron chi connectivity index (χ4n) is 5.29. The van der Waals surface area contributed by atoms with Gasteiger partial charge in [-0.25, -0.2) is 4.99 Å². The van der Waals surface area contributed by atoms with Crippen molar-refractivity contribution in [2.75, 3.05) is 26.2 Å². The Hall–Kier alpha value is -1.63. The molecule has 1 aromatic heterocycles. The number of piperidine rings is 1. The molecule has 7 heteroatoms. The van der Waals surface area contributed by atoms with Crippen LogP contribution in [-0.4, -0.2) is 58.0 Å². The molecule has 1 spiro atoms. The predicted molar refractivity (Wildman–Crippen MR) is 115 cm³/mol. The summed E-state index contributed by atoms with van der Waals surface area (Å²) in [6.45, 7) is 6.52. The van der Waals surface area contributed by atoms with E-state index in [0.717, 1.165) is 50.3 Å². The van der Waals surface area contributed by atoms with Gasteiger partial charge >= 0.3 is 0 Å². The van der Waals surface area contributed by atoms with Gasteiger partial charge in [0.05, 0.1) is 6.10 Å². The molecule has 0 aromatic carbocycles. The van der Waals surface area contributed by atoms with Gasteiger partial charge in [-0.1, -0.05) is 25.7 Å². The number of nitrogens with zero attached hydrogens (tertiary/aromatic N) is 5. The number of hydrogen-bond acceptors (Lipinski definition) is 4. The van der Waals surface area contributed by atoms with Crippen LogP contribution < -0.4 is 5.32 Å². The summed E-state index contributed by atoms with van der Waals surface area (Å²) in [5.74, 6) is 2.88. The lowest BCUT2D eigenvalue weighted by Gasteiger charge is -2.44. The minimum absolute atomic E-state index is 0.314. The van der Waals surface area contributed by atoms with E-state index in [1.807, 2.05) is 18.5 Å². The third-order valence-electron chi connectivity index (χ3n) is 7.19. The Balaban J connectivity index is 1.48. The maximum atomic E-state index is 5.84. The highest BCUT2D eigenvalue weighted by molar-refractivity contribution is 5.80. The molecule has 29 heavy (non-hydrogen) atoms. The molecule has 4 rings (SSSR count). The van der Waals surface area contributed by atoms with Crippen LogP contribution in [0.15, 0.2) is 4.99 Å². The van der Waals surface area contributed by atoms with Crippen molar-refractivity contribution in [3.63, 3.8) is 0 Å². The van der Waals surface area contributed by atoms with E-state index in [4.69, 9.17) is 9.73 Å².